The summed E-state index contributed by atoms with van der Waals surface area (Å²) in [5.41, 5.74) is 1.92. The van der Waals surface area contributed by atoms with Crippen molar-refractivity contribution in [2.75, 3.05) is 14.1 Å². The molecule has 2 amide bonds. The number of nitrogens with zero attached hydrogens (tertiary/aromatic N) is 1. The van der Waals surface area contributed by atoms with E-state index in [0.717, 1.165) is 5.56 Å². The first-order chi connectivity index (χ1) is 13.9. The second kappa shape index (κ2) is 9.19. The van der Waals surface area contributed by atoms with Crippen molar-refractivity contribution in [2.45, 2.75) is 19.4 Å². The lowest BCUT2D eigenvalue weighted by molar-refractivity contribution is -0.121. The number of carbonyl (C=O) groups excluding carboxylic acids is 2. The summed E-state index contributed by atoms with van der Waals surface area (Å²) in [6, 6.07) is 17.0. The summed E-state index contributed by atoms with van der Waals surface area (Å²) in [7, 11) is 3.41. The van der Waals surface area contributed by atoms with Crippen LogP contribution in [0.15, 0.2) is 65.1 Å². The van der Waals surface area contributed by atoms with E-state index in [1.165, 1.54) is 11.0 Å². The number of hydrogen-bond donors (Lipinski definition) is 1. The highest BCUT2D eigenvalue weighted by Crippen LogP contribution is 2.25. The second-order valence-corrected chi connectivity index (χ2v) is 6.92. The first-order valence-electron chi connectivity index (χ1n) is 9.35. The van der Waals surface area contributed by atoms with Gasteiger partial charge in [-0.1, -0.05) is 24.3 Å². The average Bonchev–Trinajstić information content (AvgIpc) is 3.19. The normalized spacial score (nSPS) is 10.6. The fourth-order valence-corrected chi connectivity index (χ4v) is 2.87. The van der Waals surface area contributed by atoms with Crippen LogP contribution in [-0.4, -0.2) is 30.8 Å². The first kappa shape index (κ1) is 20.3. The van der Waals surface area contributed by atoms with Crippen molar-refractivity contribution in [3.8, 4) is 11.3 Å². The molecule has 1 N–H and O–H groups in total. The summed E-state index contributed by atoms with van der Waals surface area (Å²) in [4.78, 5) is 25.5. The number of benzene rings is 2. The molecule has 5 nitrogen and oxygen atoms in total. The third kappa shape index (κ3) is 5.31. The van der Waals surface area contributed by atoms with E-state index in [0.29, 0.717) is 35.6 Å². The molecule has 6 heteroatoms. The van der Waals surface area contributed by atoms with Crippen molar-refractivity contribution < 1.29 is 18.4 Å². The van der Waals surface area contributed by atoms with Crippen LogP contribution in [0.1, 0.15) is 28.1 Å². The molecule has 0 unspecified atom stereocenters. The molecule has 29 heavy (non-hydrogen) atoms. The molecule has 1 heterocycles. The van der Waals surface area contributed by atoms with E-state index in [-0.39, 0.29) is 24.1 Å². The molecule has 0 bridgehead atoms. The van der Waals surface area contributed by atoms with Gasteiger partial charge in [0.25, 0.3) is 5.91 Å². The van der Waals surface area contributed by atoms with Crippen LogP contribution in [0.4, 0.5) is 4.39 Å². The molecule has 3 aromatic rings. The van der Waals surface area contributed by atoms with Gasteiger partial charge in [0.2, 0.25) is 5.91 Å². The van der Waals surface area contributed by atoms with Crippen molar-refractivity contribution in [2.24, 2.45) is 0 Å². The van der Waals surface area contributed by atoms with Gasteiger partial charge in [-0.15, -0.1) is 0 Å². The summed E-state index contributed by atoms with van der Waals surface area (Å²) in [6.45, 7) is 0.383. The molecule has 2 aromatic carbocycles. The molecule has 0 atom stereocenters. The van der Waals surface area contributed by atoms with E-state index < -0.39 is 0 Å². The Balaban J connectivity index is 1.48. The third-order valence-corrected chi connectivity index (χ3v) is 4.50. The summed E-state index contributed by atoms with van der Waals surface area (Å²) in [5.74, 6) is 0.566. The van der Waals surface area contributed by atoms with Gasteiger partial charge in [-0.25, -0.2) is 4.39 Å². The van der Waals surface area contributed by atoms with E-state index in [4.69, 9.17) is 4.42 Å². The lowest BCUT2D eigenvalue weighted by atomic mass is 10.1. The predicted octanol–water partition coefficient (Wildman–Crippen LogP) is 4.04. The maximum Gasteiger partial charge on any atom is 0.253 e. The SMILES string of the molecule is CN(C)C(=O)c1ccc(CNC(=O)CCc2ccc(-c3ccccc3F)o2)cc1. The van der Waals surface area contributed by atoms with Crippen molar-refractivity contribution in [1.29, 1.82) is 0 Å². The molecule has 0 aliphatic heterocycles. The molecule has 0 radical (unpaired) electrons. The molecular weight excluding hydrogens is 371 g/mol. The van der Waals surface area contributed by atoms with E-state index in [2.05, 4.69) is 5.32 Å². The van der Waals surface area contributed by atoms with Gasteiger partial charge >= 0.3 is 0 Å². The van der Waals surface area contributed by atoms with Gasteiger partial charge in [0.1, 0.15) is 17.3 Å². The van der Waals surface area contributed by atoms with Crippen molar-refractivity contribution in [1.82, 2.24) is 10.2 Å². The van der Waals surface area contributed by atoms with E-state index in [9.17, 15) is 14.0 Å². The van der Waals surface area contributed by atoms with E-state index in [1.807, 2.05) is 12.1 Å². The monoisotopic (exact) mass is 394 g/mol. The highest BCUT2D eigenvalue weighted by molar-refractivity contribution is 5.93. The average molecular weight is 394 g/mol. The van der Waals surface area contributed by atoms with Crippen LogP contribution in [0, 0.1) is 5.82 Å². The fourth-order valence-electron chi connectivity index (χ4n) is 2.87. The van der Waals surface area contributed by atoms with Crippen LogP contribution in [0.3, 0.4) is 0 Å². The Labute approximate surface area is 169 Å². The number of furan rings is 1. The van der Waals surface area contributed by atoms with E-state index >= 15 is 0 Å². The molecule has 1 aromatic heterocycles. The minimum atomic E-state index is -0.343. The number of nitrogens with one attached hydrogen (secondary N) is 1. The van der Waals surface area contributed by atoms with Crippen LogP contribution in [0.2, 0.25) is 0 Å². The largest absolute Gasteiger partial charge is 0.461 e. The number of hydrogen-bond acceptors (Lipinski definition) is 3. The highest BCUT2D eigenvalue weighted by atomic mass is 19.1. The van der Waals surface area contributed by atoms with Gasteiger partial charge in [0.15, 0.2) is 0 Å². The minimum Gasteiger partial charge on any atom is -0.461 e. The molecule has 0 aliphatic rings. The van der Waals surface area contributed by atoms with Gasteiger partial charge < -0.3 is 14.6 Å². The molecule has 0 aliphatic carbocycles. The third-order valence-electron chi connectivity index (χ3n) is 4.50. The quantitative estimate of drug-likeness (QED) is 0.658. The van der Waals surface area contributed by atoms with Gasteiger partial charge in [-0.2, -0.15) is 0 Å². The number of carbonyl (C=O) groups is 2. The van der Waals surface area contributed by atoms with Gasteiger partial charge in [-0.05, 0) is 42.0 Å². The molecule has 0 fully saturated rings. The van der Waals surface area contributed by atoms with Crippen molar-refractivity contribution >= 4 is 11.8 Å². The van der Waals surface area contributed by atoms with Gasteiger partial charge in [0, 0.05) is 39.0 Å². The zero-order valence-electron chi connectivity index (χ0n) is 16.4. The molecule has 0 saturated heterocycles. The Hall–Kier alpha value is -3.41. The summed E-state index contributed by atoms with van der Waals surface area (Å²) in [5, 5.41) is 2.85. The summed E-state index contributed by atoms with van der Waals surface area (Å²) in [6.07, 6.45) is 0.692. The molecule has 0 saturated carbocycles. The first-order valence-corrected chi connectivity index (χ1v) is 9.35. The van der Waals surface area contributed by atoms with Crippen LogP contribution >= 0.6 is 0 Å². The topological polar surface area (TPSA) is 62.6 Å². The van der Waals surface area contributed by atoms with Crippen LogP contribution in [-0.2, 0) is 17.8 Å². The number of rotatable bonds is 7. The summed E-state index contributed by atoms with van der Waals surface area (Å²) >= 11 is 0. The lowest BCUT2D eigenvalue weighted by Crippen LogP contribution is -2.23. The Kier molecular flexibility index (Phi) is 6.44. The van der Waals surface area contributed by atoms with Gasteiger partial charge in [0.05, 0.1) is 5.56 Å². The maximum absolute atomic E-state index is 13.8. The number of halogens is 1. The molecular formula is C23H23FN2O3. The molecule has 150 valence electrons. The Bertz CT molecular complexity index is 993. The maximum atomic E-state index is 13.8. The Morgan fingerprint density at radius 3 is 2.41 bits per heavy atom. The second-order valence-electron chi connectivity index (χ2n) is 6.92. The predicted molar refractivity (Wildman–Crippen MR) is 109 cm³/mol. The minimum absolute atomic E-state index is 0.0613. The Morgan fingerprint density at radius 2 is 1.72 bits per heavy atom. The van der Waals surface area contributed by atoms with Gasteiger partial charge in [-0.3, -0.25) is 9.59 Å². The van der Waals surface area contributed by atoms with Crippen molar-refractivity contribution in [3.63, 3.8) is 0 Å². The zero-order chi connectivity index (χ0) is 20.8. The van der Waals surface area contributed by atoms with Crippen molar-refractivity contribution in [3.05, 3.63) is 83.4 Å². The standard InChI is InChI=1S/C23H23FN2O3/c1-26(2)23(28)17-9-7-16(8-10-17)15-25-22(27)14-12-18-11-13-21(29-18)19-5-3-4-6-20(19)24/h3-11,13H,12,14-15H2,1-2H3,(H,25,27). The lowest BCUT2D eigenvalue weighted by Gasteiger charge is -2.10. The zero-order valence-corrected chi connectivity index (χ0v) is 16.4. The molecule has 3 rings (SSSR count). The Morgan fingerprint density at radius 1 is 1.00 bits per heavy atom. The van der Waals surface area contributed by atoms with E-state index in [1.54, 1.807) is 56.6 Å². The fraction of sp³-hybridized carbons (Fsp3) is 0.217. The number of amides is 2. The molecule has 0 spiro atoms. The highest BCUT2D eigenvalue weighted by Gasteiger charge is 2.11. The van der Waals surface area contributed by atoms with Crippen LogP contribution in [0.5, 0.6) is 0 Å². The van der Waals surface area contributed by atoms with Crippen LogP contribution < -0.4 is 5.32 Å². The smallest absolute Gasteiger partial charge is 0.253 e. The van der Waals surface area contributed by atoms with Crippen LogP contribution in [0.25, 0.3) is 11.3 Å². The number of aryl methyl sites for hydroxylation is 1. The summed E-state index contributed by atoms with van der Waals surface area (Å²) < 4.78 is 19.5.